The summed E-state index contributed by atoms with van der Waals surface area (Å²) in [5.74, 6) is -1.84. The molecule has 0 unspecified atom stereocenters. The van der Waals surface area contributed by atoms with Crippen LogP contribution in [0.5, 0.6) is 0 Å². The second-order valence-corrected chi connectivity index (χ2v) is 5.50. The van der Waals surface area contributed by atoms with Crippen LogP contribution in [0, 0.1) is 10.1 Å². The number of non-ortho nitro benzene ring substituents is 1. The molecule has 2 aromatic carbocycles. The van der Waals surface area contributed by atoms with E-state index in [2.05, 4.69) is 9.97 Å². The number of rotatable bonds is 5. The van der Waals surface area contributed by atoms with Crippen LogP contribution in [-0.2, 0) is 0 Å². The first-order valence-electron chi connectivity index (χ1n) is 8.05. The molecule has 0 saturated heterocycles. The third-order valence-corrected chi connectivity index (χ3v) is 3.58. The Morgan fingerprint density at radius 2 is 1.59 bits per heavy atom. The maximum absolute atomic E-state index is 12.3. The smallest absolute Gasteiger partial charge is 0.270 e. The van der Waals surface area contributed by atoms with E-state index in [1.54, 1.807) is 30.3 Å². The highest BCUT2D eigenvalue weighted by Crippen LogP contribution is 2.20. The van der Waals surface area contributed by atoms with Gasteiger partial charge in [-0.25, -0.2) is 4.98 Å². The lowest BCUT2D eigenvalue weighted by Gasteiger charge is -2.06. The largest absolute Gasteiger partial charge is 0.366 e. The summed E-state index contributed by atoms with van der Waals surface area (Å²) in [4.78, 5) is 51.3. The fourth-order valence-electron chi connectivity index (χ4n) is 2.22. The summed E-state index contributed by atoms with van der Waals surface area (Å²) in [6, 6.07) is 11.7. The third kappa shape index (κ3) is 5.50. The number of amides is 2. The van der Waals surface area contributed by atoms with Gasteiger partial charge in [0.15, 0.2) is 5.78 Å². The SMILES string of the molecule is NC(=O)c1cc([N+](=O)[O-])ccc1C(=O)c1ccccc1.NC(=O)c1cnccn1. The van der Waals surface area contributed by atoms with Crippen LogP contribution in [0.1, 0.15) is 36.8 Å². The number of benzene rings is 2. The van der Waals surface area contributed by atoms with Crippen molar-refractivity contribution in [3.63, 3.8) is 0 Å². The number of carbonyl (C=O) groups is 3. The molecular weight excluding hydrogens is 378 g/mol. The summed E-state index contributed by atoms with van der Waals surface area (Å²) in [5, 5.41) is 10.7. The first-order valence-corrected chi connectivity index (χ1v) is 8.05. The second kappa shape index (κ2) is 9.46. The van der Waals surface area contributed by atoms with Gasteiger partial charge in [-0.15, -0.1) is 0 Å². The van der Waals surface area contributed by atoms with E-state index in [4.69, 9.17) is 11.5 Å². The lowest BCUT2D eigenvalue weighted by atomic mass is 9.97. The molecular formula is C19H15N5O5. The van der Waals surface area contributed by atoms with E-state index in [0.717, 1.165) is 6.07 Å². The fraction of sp³-hybridized carbons (Fsp3) is 0. The van der Waals surface area contributed by atoms with Crippen LogP contribution in [-0.4, -0.2) is 32.5 Å². The Hall–Kier alpha value is -4.47. The van der Waals surface area contributed by atoms with E-state index >= 15 is 0 Å². The van der Waals surface area contributed by atoms with Crippen LogP contribution in [0.15, 0.2) is 67.1 Å². The van der Waals surface area contributed by atoms with E-state index < -0.39 is 22.5 Å². The molecule has 3 aromatic rings. The first kappa shape index (κ1) is 20.8. The number of nitrogens with zero attached hydrogens (tertiary/aromatic N) is 3. The standard InChI is InChI=1S/C14H10N2O4.C5H5N3O/c15-14(18)12-8-10(16(19)20)6-7-11(12)13(17)9-4-2-1-3-5-9;6-5(9)4-3-7-1-2-8-4/h1-8H,(H2,15,18);1-3H,(H2,6,9). The molecule has 0 atom stereocenters. The van der Waals surface area contributed by atoms with Crippen molar-refractivity contribution >= 4 is 23.3 Å². The summed E-state index contributed by atoms with van der Waals surface area (Å²) < 4.78 is 0. The van der Waals surface area contributed by atoms with Gasteiger partial charge in [-0.05, 0) is 6.07 Å². The normalized spacial score (nSPS) is 9.66. The van der Waals surface area contributed by atoms with E-state index in [1.165, 1.54) is 30.7 Å². The van der Waals surface area contributed by atoms with Gasteiger partial charge in [-0.2, -0.15) is 0 Å². The Kier molecular flexibility index (Phi) is 6.80. The maximum atomic E-state index is 12.3. The molecule has 0 bridgehead atoms. The molecule has 4 N–H and O–H groups in total. The maximum Gasteiger partial charge on any atom is 0.270 e. The molecule has 10 heteroatoms. The number of primary amides is 2. The molecule has 0 spiro atoms. The van der Waals surface area contributed by atoms with Crippen molar-refractivity contribution in [1.29, 1.82) is 0 Å². The molecule has 3 rings (SSSR count). The van der Waals surface area contributed by atoms with Crippen molar-refractivity contribution in [2.45, 2.75) is 0 Å². The highest BCUT2D eigenvalue weighted by Gasteiger charge is 2.20. The number of nitro benzene ring substituents is 1. The summed E-state index contributed by atoms with van der Waals surface area (Å²) in [6.45, 7) is 0. The molecule has 146 valence electrons. The lowest BCUT2D eigenvalue weighted by Crippen LogP contribution is -2.17. The fourth-order valence-corrected chi connectivity index (χ4v) is 2.22. The minimum atomic E-state index is -0.881. The number of aromatic nitrogens is 2. The van der Waals surface area contributed by atoms with Crippen LogP contribution in [0.4, 0.5) is 5.69 Å². The predicted octanol–water partition coefficient (Wildman–Crippen LogP) is 1.50. The number of hydrogen-bond donors (Lipinski definition) is 2. The van der Waals surface area contributed by atoms with E-state index in [1.807, 2.05) is 0 Å². The van der Waals surface area contributed by atoms with Crippen LogP contribution in [0.25, 0.3) is 0 Å². The van der Waals surface area contributed by atoms with Crippen molar-refractivity contribution in [3.8, 4) is 0 Å². The zero-order chi connectivity index (χ0) is 21.4. The van der Waals surface area contributed by atoms with Gasteiger partial charge in [0, 0.05) is 35.7 Å². The summed E-state index contributed by atoms with van der Waals surface area (Å²) >= 11 is 0. The molecule has 0 fully saturated rings. The number of hydrogen-bond acceptors (Lipinski definition) is 7. The number of nitrogens with two attached hydrogens (primary N) is 2. The minimum absolute atomic E-state index is 0.0503. The Morgan fingerprint density at radius 1 is 0.897 bits per heavy atom. The first-order chi connectivity index (χ1) is 13.8. The Balaban J connectivity index is 0.000000278. The number of carbonyl (C=O) groups excluding carboxylic acids is 3. The van der Waals surface area contributed by atoms with Crippen molar-refractivity contribution in [1.82, 2.24) is 9.97 Å². The molecule has 0 radical (unpaired) electrons. The Bertz CT molecular complexity index is 1060. The zero-order valence-electron chi connectivity index (χ0n) is 14.9. The van der Waals surface area contributed by atoms with Crippen LogP contribution >= 0.6 is 0 Å². The molecule has 29 heavy (non-hydrogen) atoms. The highest BCUT2D eigenvalue weighted by atomic mass is 16.6. The molecule has 0 aliphatic carbocycles. The average molecular weight is 393 g/mol. The third-order valence-electron chi connectivity index (χ3n) is 3.58. The van der Waals surface area contributed by atoms with Gasteiger partial charge in [0.05, 0.1) is 16.7 Å². The van der Waals surface area contributed by atoms with E-state index in [0.29, 0.717) is 5.56 Å². The summed E-state index contributed by atoms with van der Waals surface area (Å²) in [7, 11) is 0. The van der Waals surface area contributed by atoms with E-state index in [9.17, 15) is 24.5 Å². The number of ketones is 1. The van der Waals surface area contributed by atoms with Crippen LogP contribution < -0.4 is 11.5 Å². The van der Waals surface area contributed by atoms with Gasteiger partial charge in [0.25, 0.3) is 11.6 Å². The molecule has 0 saturated carbocycles. The summed E-state index contributed by atoms with van der Waals surface area (Å²) in [5.41, 5.74) is 10.2. The van der Waals surface area contributed by atoms with Crippen molar-refractivity contribution < 1.29 is 19.3 Å². The molecule has 1 heterocycles. The molecule has 1 aromatic heterocycles. The predicted molar refractivity (Wildman–Crippen MR) is 102 cm³/mol. The second-order valence-electron chi connectivity index (χ2n) is 5.50. The number of nitro groups is 1. The van der Waals surface area contributed by atoms with Crippen molar-refractivity contribution in [2.24, 2.45) is 11.5 Å². The monoisotopic (exact) mass is 393 g/mol. The van der Waals surface area contributed by atoms with Crippen LogP contribution in [0.2, 0.25) is 0 Å². The molecule has 2 amide bonds. The topological polar surface area (TPSA) is 172 Å². The zero-order valence-corrected chi connectivity index (χ0v) is 14.9. The van der Waals surface area contributed by atoms with Crippen LogP contribution in [0.3, 0.4) is 0 Å². The quantitative estimate of drug-likeness (QED) is 0.375. The average Bonchev–Trinajstić information content (AvgIpc) is 2.74. The Morgan fingerprint density at radius 3 is 2.07 bits per heavy atom. The van der Waals surface area contributed by atoms with Crippen molar-refractivity contribution in [3.05, 3.63) is 99.6 Å². The van der Waals surface area contributed by atoms with Gasteiger partial charge >= 0.3 is 0 Å². The van der Waals surface area contributed by atoms with Crippen molar-refractivity contribution in [2.75, 3.05) is 0 Å². The lowest BCUT2D eigenvalue weighted by molar-refractivity contribution is -0.384. The van der Waals surface area contributed by atoms with Gasteiger partial charge in [0.1, 0.15) is 5.69 Å². The molecule has 0 aliphatic rings. The highest BCUT2D eigenvalue weighted by molar-refractivity contribution is 6.15. The van der Waals surface area contributed by atoms with Gasteiger partial charge < -0.3 is 11.5 Å². The van der Waals surface area contributed by atoms with Gasteiger partial charge in [-0.1, -0.05) is 30.3 Å². The van der Waals surface area contributed by atoms with Gasteiger partial charge in [0.2, 0.25) is 5.91 Å². The Labute approximate surface area is 164 Å². The molecule has 10 nitrogen and oxygen atoms in total. The molecule has 0 aliphatic heterocycles. The van der Waals surface area contributed by atoms with Gasteiger partial charge in [-0.3, -0.25) is 29.5 Å². The van der Waals surface area contributed by atoms with E-state index in [-0.39, 0.29) is 22.5 Å². The summed E-state index contributed by atoms with van der Waals surface area (Å²) in [6.07, 6.45) is 4.22. The minimum Gasteiger partial charge on any atom is -0.366 e.